The minimum absolute atomic E-state index is 0.193. The molecule has 0 aliphatic carbocycles. The molecule has 1 aromatic carbocycles. The van der Waals surface area contributed by atoms with Gasteiger partial charge >= 0.3 is 0 Å². The zero-order valence-corrected chi connectivity index (χ0v) is 12.5. The van der Waals surface area contributed by atoms with E-state index in [1.54, 1.807) is 12.1 Å². The quantitative estimate of drug-likeness (QED) is 0.680. The largest absolute Gasteiger partial charge is 0.389 e. The van der Waals surface area contributed by atoms with Gasteiger partial charge in [-0.1, -0.05) is 15.9 Å². The summed E-state index contributed by atoms with van der Waals surface area (Å²) in [6.45, 7) is 3.93. The van der Waals surface area contributed by atoms with E-state index in [4.69, 9.17) is 9.47 Å². The van der Waals surface area contributed by atoms with Crippen LogP contribution < -0.4 is 5.32 Å². The molecule has 6 heteroatoms. The molecule has 0 aromatic heterocycles. The average molecular weight is 336 g/mol. The van der Waals surface area contributed by atoms with E-state index >= 15 is 0 Å². The highest BCUT2D eigenvalue weighted by Gasteiger charge is 2.07. The van der Waals surface area contributed by atoms with Crippen LogP contribution in [0.3, 0.4) is 0 Å². The van der Waals surface area contributed by atoms with Crippen molar-refractivity contribution in [1.82, 2.24) is 0 Å². The van der Waals surface area contributed by atoms with E-state index in [-0.39, 0.29) is 19.0 Å². The number of hydrogen-bond donors (Lipinski definition) is 2. The highest BCUT2D eigenvalue weighted by molar-refractivity contribution is 9.10. The first kappa shape index (κ1) is 16.4. The molecule has 19 heavy (non-hydrogen) atoms. The fourth-order valence-electron chi connectivity index (χ4n) is 1.40. The molecule has 0 bridgehead atoms. The van der Waals surface area contributed by atoms with Crippen LogP contribution in [-0.4, -0.2) is 44.2 Å². The summed E-state index contributed by atoms with van der Waals surface area (Å²) < 4.78 is 24.5. The van der Waals surface area contributed by atoms with Gasteiger partial charge in [0.2, 0.25) is 0 Å². The molecule has 0 aliphatic rings. The molecule has 4 nitrogen and oxygen atoms in total. The lowest BCUT2D eigenvalue weighted by molar-refractivity contribution is 0.0103. The number of aliphatic hydroxyl groups excluding tert-OH is 1. The Morgan fingerprint density at radius 1 is 1.37 bits per heavy atom. The zero-order chi connectivity index (χ0) is 14.1. The molecule has 2 N–H and O–H groups in total. The third-order valence-electron chi connectivity index (χ3n) is 2.35. The Bertz CT molecular complexity index is 379. The predicted octanol–water partition coefficient (Wildman–Crippen LogP) is 2.41. The first-order valence-corrected chi connectivity index (χ1v) is 6.95. The summed E-state index contributed by atoms with van der Waals surface area (Å²) in [5.74, 6) is -0.362. The molecular formula is C13H19BrFNO3. The molecule has 1 aromatic rings. The molecule has 108 valence electrons. The number of nitrogens with one attached hydrogen (secondary N) is 1. The van der Waals surface area contributed by atoms with Gasteiger partial charge in [-0.15, -0.1) is 0 Å². The normalized spacial score (nSPS) is 12.4. The highest BCUT2D eigenvalue weighted by atomic mass is 79.9. The van der Waals surface area contributed by atoms with Crippen LogP contribution in [0.4, 0.5) is 10.1 Å². The van der Waals surface area contributed by atoms with Crippen LogP contribution in [0.2, 0.25) is 0 Å². The molecule has 1 atom stereocenters. The van der Waals surface area contributed by atoms with E-state index in [0.717, 1.165) is 0 Å². The molecule has 0 saturated carbocycles. The van der Waals surface area contributed by atoms with Crippen LogP contribution in [0.5, 0.6) is 0 Å². The van der Waals surface area contributed by atoms with E-state index in [9.17, 15) is 9.50 Å². The Balaban J connectivity index is 2.20. The number of ether oxygens (including phenoxy) is 2. The number of rotatable bonds is 9. The summed E-state index contributed by atoms with van der Waals surface area (Å²) in [6.07, 6.45) is -0.690. The van der Waals surface area contributed by atoms with Crippen LogP contribution in [0, 0.1) is 5.82 Å². The molecule has 0 spiro atoms. The number of aliphatic hydroxyl groups is 1. The van der Waals surface area contributed by atoms with Crippen molar-refractivity contribution in [2.45, 2.75) is 13.0 Å². The monoisotopic (exact) mass is 335 g/mol. The molecule has 1 unspecified atom stereocenters. The van der Waals surface area contributed by atoms with Crippen LogP contribution in [0.25, 0.3) is 0 Å². The van der Waals surface area contributed by atoms with Crippen LogP contribution in [0.15, 0.2) is 22.7 Å². The van der Waals surface area contributed by atoms with Crippen molar-refractivity contribution < 1.29 is 19.0 Å². The smallest absolute Gasteiger partial charge is 0.147 e. The number of hydrogen-bond acceptors (Lipinski definition) is 4. The van der Waals surface area contributed by atoms with Gasteiger partial charge in [0.15, 0.2) is 0 Å². The topological polar surface area (TPSA) is 50.7 Å². The summed E-state index contributed by atoms with van der Waals surface area (Å²) >= 11 is 3.18. The van der Waals surface area contributed by atoms with E-state index < -0.39 is 6.10 Å². The molecule has 0 radical (unpaired) electrons. The SMILES string of the molecule is CCOCCOCC(O)CNc1ccc(Br)cc1F. The van der Waals surface area contributed by atoms with Gasteiger partial charge in [0.1, 0.15) is 5.82 Å². The average Bonchev–Trinajstić information content (AvgIpc) is 2.37. The van der Waals surface area contributed by atoms with Crippen LogP contribution in [-0.2, 0) is 9.47 Å². The van der Waals surface area contributed by atoms with Crippen molar-refractivity contribution in [3.8, 4) is 0 Å². The summed E-state index contributed by atoms with van der Waals surface area (Å²) in [4.78, 5) is 0. The minimum Gasteiger partial charge on any atom is -0.389 e. The standard InChI is InChI=1S/C13H19BrFNO3/c1-2-18-5-6-19-9-11(17)8-16-13-4-3-10(14)7-12(13)15/h3-4,7,11,16-17H,2,5-6,8-9H2,1H3. The third-order valence-corrected chi connectivity index (χ3v) is 2.84. The van der Waals surface area contributed by atoms with Crippen molar-refractivity contribution in [3.05, 3.63) is 28.5 Å². The van der Waals surface area contributed by atoms with Crippen molar-refractivity contribution >= 4 is 21.6 Å². The Morgan fingerprint density at radius 3 is 2.79 bits per heavy atom. The second-order valence-corrected chi connectivity index (χ2v) is 4.85. The van der Waals surface area contributed by atoms with Crippen LogP contribution in [0.1, 0.15) is 6.92 Å². The summed E-state index contributed by atoms with van der Waals surface area (Å²) in [5, 5.41) is 12.5. The van der Waals surface area contributed by atoms with Gasteiger partial charge in [-0.25, -0.2) is 4.39 Å². The maximum absolute atomic E-state index is 13.5. The molecule has 0 heterocycles. The van der Waals surface area contributed by atoms with Crippen molar-refractivity contribution in [2.75, 3.05) is 38.3 Å². The number of anilines is 1. The number of halogens is 2. The number of benzene rings is 1. The van der Waals surface area contributed by atoms with Gasteiger partial charge in [-0.05, 0) is 25.1 Å². The second-order valence-electron chi connectivity index (χ2n) is 3.93. The van der Waals surface area contributed by atoms with Crippen molar-refractivity contribution in [2.24, 2.45) is 0 Å². The van der Waals surface area contributed by atoms with Crippen molar-refractivity contribution in [3.63, 3.8) is 0 Å². The van der Waals surface area contributed by atoms with Gasteiger partial charge in [-0.3, -0.25) is 0 Å². The Morgan fingerprint density at radius 2 is 2.11 bits per heavy atom. The fourth-order valence-corrected chi connectivity index (χ4v) is 1.73. The maximum Gasteiger partial charge on any atom is 0.147 e. The zero-order valence-electron chi connectivity index (χ0n) is 10.9. The van der Waals surface area contributed by atoms with Gasteiger partial charge in [0.05, 0.1) is 31.6 Å². The summed E-state index contributed by atoms with van der Waals surface area (Å²) in [5.41, 5.74) is 0.358. The Kier molecular flexibility index (Phi) is 7.97. The third kappa shape index (κ3) is 6.87. The van der Waals surface area contributed by atoms with Gasteiger partial charge in [-0.2, -0.15) is 0 Å². The second kappa shape index (κ2) is 9.25. The Labute approximate surface area is 121 Å². The first-order valence-electron chi connectivity index (χ1n) is 6.16. The lowest BCUT2D eigenvalue weighted by Crippen LogP contribution is -2.26. The maximum atomic E-state index is 13.5. The minimum atomic E-state index is -0.690. The molecule has 0 saturated heterocycles. The molecular weight excluding hydrogens is 317 g/mol. The molecule has 0 fully saturated rings. The van der Waals surface area contributed by atoms with E-state index in [1.165, 1.54) is 6.07 Å². The molecule has 1 rings (SSSR count). The fraction of sp³-hybridized carbons (Fsp3) is 0.538. The Hall–Kier alpha value is -0.690. The molecule has 0 aliphatic heterocycles. The summed E-state index contributed by atoms with van der Waals surface area (Å²) in [6, 6.07) is 4.71. The lowest BCUT2D eigenvalue weighted by Gasteiger charge is -2.13. The van der Waals surface area contributed by atoms with Gasteiger partial charge in [0.25, 0.3) is 0 Å². The van der Waals surface area contributed by atoms with E-state index in [0.29, 0.717) is 30.0 Å². The highest BCUT2D eigenvalue weighted by Crippen LogP contribution is 2.19. The van der Waals surface area contributed by atoms with Crippen molar-refractivity contribution in [1.29, 1.82) is 0 Å². The van der Waals surface area contributed by atoms with Crippen LogP contribution >= 0.6 is 15.9 Å². The summed E-state index contributed by atoms with van der Waals surface area (Å²) in [7, 11) is 0. The molecule has 0 amide bonds. The first-order chi connectivity index (χ1) is 9.13. The van der Waals surface area contributed by atoms with E-state index in [2.05, 4.69) is 21.2 Å². The van der Waals surface area contributed by atoms with Gasteiger partial charge < -0.3 is 19.9 Å². The van der Waals surface area contributed by atoms with E-state index in [1.807, 2.05) is 6.92 Å². The lowest BCUT2D eigenvalue weighted by atomic mass is 10.3. The van der Waals surface area contributed by atoms with Gasteiger partial charge in [0, 0.05) is 17.6 Å². The predicted molar refractivity (Wildman–Crippen MR) is 75.9 cm³/mol.